The first-order valence-corrected chi connectivity index (χ1v) is 5.21. The number of ether oxygens (including phenoxy) is 1. The molecule has 2 aromatic rings. The maximum absolute atomic E-state index is 11.3. The van der Waals surface area contributed by atoms with Crippen LogP contribution >= 0.6 is 23.2 Å². The third kappa shape index (κ3) is 1.96. The SMILES string of the molecule is COC(=O)c1ccc2nc(Cl)c(Cl)cc2c1. The molecule has 16 heavy (non-hydrogen) atoms. The zero-order valence-electron chi connectivity index (χ0n) is 8.33. The topological polar surface area (TPSA) is 39.2 Å². The number of aromatic nitrogens is 1. The number of pyridine rings is 1. The smallest absolute Gasteiger partial charge is 0.337 e. The minimum Gasteiger partial charge on any atom is -0.465 e. The number of fused-ring (bicyclic) bond motifs is 1. The van der Waals surface area contributed by atoms with Crippen LogP contribution < -0.4 is 0 Å². The van der Waals surface area contributed by atoms with Gasteiger partial charge < -0.3 is 4.74 Å². The first kappa shape index (κ1) is 11.2. The lowest BCUT2D eigenvalue weighted by Crippen LogP contribution is -2.00. The quantitative estimate of drug-likeness (QED) is 0.580. The molecule has 0 unspecified atom stereocenters. The summed E-state index contributed by atoms with van der Waals surface area (Å²) in [4.78, 5) is 15.4. The molecule has 1 aromatic carbocycles. The van der Waals surface area contributed by atoms with Gasteiger partial charge in [0.2, 0.25) is 0 Å². The van der Waals surface area contributed by atoms with Crippen molar-refractivity contribution in [2.45, 2.75) is 0 Å². The first-order valence-electron chi connectivity index (χ1n) is 4.46. The van der Waals surface area contributed by atoms with Crippen molar-refractivity contribution in [3.63, 3.8) is 0 Å². The molecule has 1 aromatic heterocycles. The number of benzene rings is 1. The Morgan fingerprint density at radius 1 is 1.31 bits per heavy atom. The number of hydrogen-bond acceptors (Lipinski definition) is 3. The van der Waals surface area contributed by atoms with Crippen LogP contribution in [0.1, 0.15) is 10.4 Å². The van der Waals surface area contributed by atoms with Crippen molar-refractivity contribution in [2.24, 2.45) is 0 Å². The van der Waals surface area contributed by atoms with Crippen LogP contribution in [0.25, 0.3) is 10.9 Å². The van der Waals surface area contributed by atoms with Gasteiger partial charge in [-0.25, -0.2) is 9.78 Å². The van der Waals surface area contributed by atoms with Crippen LogP contribution in [0.5, 0.6) is 0 Å². The van der Waals surface area contributed by atoms with E-state index in [0.29, 0.717) is 16.1 Å². The Balaban J connectivity index is 2.62. The predicted octanol–water partition coefficient (Wildman–Crippen LogP) is 3.33. The molecule has 0 saturated carbocycles. The molecule has 0 spiro atoms. The van der Waals surface area contributed by atoms with Crippen molar-refractivity contribution in [1.29, 1.82) is 0 Å². The molecule has 2 rings (SSSR count). The molecule has 82 valence electrons. The van der Waals surface area contributed by atoms with Crippen LogP contribution in [0, 0.1) is 0 Å². The standard InChI is InChI=1S/C11H7Cl2NO2/c1-16-11(15)6-2-3-9-7(4-6)5-8(12)10(13)14-9/h2-5H,1H3. The molecule has 0 fully saturated rings. The zero-order valence-corrected chi connectivity index (χ0v) is 9.84. The number of nitrogens with zero attached hydrogens (tertiary/aromatic N) is 1. The van der Waals surface area contributed by atoms with E-state index in [1.165, 1.54) is 7.11 Å². The van der Waals surface area contributed by atoms with Gasteiger partial charge in [-0.2, -0.15) is 0 Å². The number of halogens is 2. The van der Waals surface area contributed by atoms with Gasteiger partial charge in [-0.15, -0.1) is 0 Å². The van der Waals surface area contributed by atoms with Crippen LogP contribution in [0.3, 0.4) is 0 Å². The third-order valence-corrected chi connectivity index (χ3v) is 2.82. The lowest BCUT2D eigenvalue weighted by Gasteiger charge is -2.03. The van der Waals surface area contributed by atoms with Crippen molar-refractivity contribution in [2.75, 3.05) is 7.11 Å². The summed E-state index contributed by atoms with van der Waals surface area (Å²) in [6, 6.07) is 6.66. The van der Waals surface area contributed by atoms with Gasteiger partial charge in [-0.05, 0) is 24.3 Å². The molecule has 0 aliphatic heterocycles. The van der Waals surface area contributed by atoms with E-state index < -0.39 is 5.97 Å². The van der Waals surface area contributed by atoms with E-state index in [2.05, 4.69) is 9.72 Å². The molecule has 5 heteroatoms. The lowest BCUT2D eigenvalue weighted by atomic mass is 10.1. The number of esters is 1. The van der Waals surface area contributed by atoms with Crippen molar-refractivity contribution in [3.8, 4) is 0 Å². The Morgan fingerprint density at radius 3 is 2.75 bits per heavy atom. The van der Waals surface area contributed by atoms with Crippen molar-refractivity contribution in [1.82, 2.24) is 4.98 Å². The molecular formula is C11H7Cl2NO2. The Hall–Kier alpha value is -1.32. The number of hydrogen-bond donors (Lipinski definition) is 0. The fourth-order valence-corrected chi connectivity index (χ4v) is 1.68. The molecule has 0 saturated heterocycles. The van der Waals surface area contributed by atoms with Crippen LogP contribution in [-0.2, 0) is 4.74 Å². The molecule has 0 N–H and O–H groups in total. The van der Waals surface area contributed by atoms with E-state index in [1.54, 1.807) is 24.3 Å². The Bertz CT molecular complexity index is 569. The average molecular weight is 256 g/mol. The summed E-state index contributed by atoms with van der Waals surface area (Å²) in [6.45, 7) is 0. The molecule has 0 atom stereocenters. The zero-order chi connectivity index (χ0) is 11.7. The number of carbonyl (C=O) groups excluding carboxylic acids is 1. The van der Waals surface area contributed by atoms with Crippen LogP contribution in [0.2, 0.25) is 10.2 Å². The minimum absolute atomic E-state index is 0.250. The van der Waals surface area contributed by atoms with Crippen LogP contribution in [0.15, 0.2) is 24.3 Å². The van der Waals surface area contributed by atoms with Gasteiger partial charge in [0.25, 0.3) is 0 Å². The summed E-state index contributed by atoms with van der Waals surface area (Å²) in [5.74, 6) is -0.395. The van der Waals surface area contributed by atoms with E-state index >= 15 is 0 Å². The maximum atomic E-state index is 11.3. The molecule has 0 aliphatic rings. The molecular weight excluding hydrogens is 249 g/mol. The highest BCUT2D eigenvalue weighted by molar-refractivity contribution is 6.41. The van der Waals surface area contributed by atoms with E-state index in [0.717, 1.165) is 5.39 Å². The summed E-state index contributed by atoms with van der Waals surface area (Å²) >= 11 is 11.6. The summed E-state index contributed by atoms with van der Waals surface area (Å²) in [6.07, 6.45) is 0. The van der Waals surface area contributed by atoms with E-state index in [1.807, 2.05) is 0 Å². The first-order chi connectivity index (χ1) is 7.61. The highest BCUT2D eigenvalue weighted by Gasteiger charge is 2.08. The largest absolute Gasteiger partial charge is 0.465 e. The van der Waals surface area contributed by atoms with E-state index in [-0.39, 0.29) is 5.15 Å². The van der Waals surface area contributed by atoms with Crippen LogP contribution in [0.4, 0.5) is 0 Å². The molecule has 0 amide bonds. The average Bonchev–Trinajstić information content (AvgIpc) is 2.29. The highest BCUT2D eigenvalue weighted by atomic mass is 35.5. The van der Waals surface area contributed by atoms with Crippen LogP contribution in [-0.4, -0.2) is 18.1 Å². The Kier molecular flexibility index (Phi) is 2.99. The Labute approximate surface area is 102 Å². The van der Waals surface area contributed by atoms with E-state index in [4.69, 9.17) is 23.2 Å². The molecule has 1 heterocycles. The van der Waals surface area contributed by atoms with Gasteiger partial charge in [-0.3, -0.25) is 0 Å². The molecule has 0 bridgehead atoms. The monoisotopic (exact) mass is 255 g/mol. The summed E-state index contributed by atoms with van der Waals surface area (Å²) in [5, 5.41) is 1.36. The van der Waals surface area contributed by atoms with Gasteiger partial charge >= 0.3 is 5.97 Å². The van der Waals surface area contributed by atoms with Gasteiger partial charge in [0.05, 0.1) is 23.2 Å². The number of methoxy groups -OCH3 is 1. The molecule has 3 nitrogen and oxygen atoms in total. The summed E-state index contributed by atoms with van der Waals surface area (Å²) in [5.41, 5.74) is 1.14. The van der Waals surface area contributed by atoms with Gasteiger partial charge in [0.1, 0.15) is 5.15 Å². The minimum atomic E-state index is -0.395. The lowest BCUT2D eigenvalue weighted by molar-refractivity contribution is 0.0601. The molecule has 0 radical (unpaired) electrons. The fraction of sp³-hybridized carbons (Fsp3) is 0.0909. The predicted molar refractivity (Wildman–Crippen MR) is 63.1 cm³/mol. The molecule has 0 aliphatic carbocycles. The second-order valence-electron chi connectivity index (χ2n) is 3.16. The van der Waals surface area contributed by atoms with Gasteiger partial charge in [-0.1, -0.05) is 23.2 Å². The summed E-state index contributed by atoms with van der Waals surface area (Å²) in [7, 11) is 1.33. The van der Waals surface area contributed by atoms with E-state index in [9.17, 15) is 4.79 Å². The summed E-state index contributed by atoms with van der Waals surface area (Å²) < 4.78 is 4.62. The second kappa shape index (κ2) is 4.28. The van der Waals surface area contributed by atoms with Crippen molar-refractivity contribution >= 4 is 40.1 Å². The van der Waals surface area contributed by atoms with Gasteiger partial charge in [0.15, 0.2) is 0 Å². The number of rotatable bonds is 1. The normalized spacial score (nSPS) is 10.4. The highest BCUT2D eigenvalue weighted by Crippen LogP contribution is 2.25. The third-order valence-electron chi connectivity index (χ3n) is 2.15. The van der Waals surface area contributed by atoms with Crippen molar-refractivity contribution < 1.29 is 9.53 Å². The van der Waals surface area contributed by atoms with Crippen molar-refractivity contribution in [3.05, 3.63) is 40.0 Å². The number of carbonyl (C=O) groups is 1. The second-order valence-corrected chi connectivity index (χ2v) is 3.93. The Morgan fingerprint density at radius 2 is 2.06 bits per heavy atom. The maximum Gasteiger partial charge on any atom is 0.337 e. The van der Waals surface area contributed by atoms with Gasteiger partial charge in [0, 0.05) is 5.39 Å². The fourth-order valence-electron chi connectivity index (χ4n) is 1.37.